The van der Waals surface area contributed by atoms with Gasteiger partial charge in [0.2, 0.25) is 0 Å². The molecular weight excluding hydrogens is 339 g/mol. The Labute approximate surface area is 130 Å². The summed E-state index contributed by atoms with van der Waals surface area (Å²) in [4.78, 5) is 10.1. The molecule has 21 heavy (non-hydrogen) atoms. The predicted molar refractivity (Wildman–Crippen MR) is 82.6 cm³/mol. The fraction of sp³-hybridized carbons (Fsp3) is 0.200. The van der Waals surface area contributed by atoms with Crippen molar-refractivity contribution in [3.8, 4) is 0 Å². The van der Waals surface area contributed by atoms with Crippen molar-refractivity contribution in [3.05, 3.63) is 74.0 Å². The van der Waals surface area contributed by atoms with Crippen molar-refractivity contribution in [3.63, 3.8) is 0 Å². The minimum atomic E-state index is -0.616. The van der Waals surface area contributed by atoms with E-state index in [9.17, 15) is 14.5 Å². The molecule has 0 fully saturated rings. The summed E-state index contributed by atoms with van der Waals surface area (Å²) < 4.78 is 14.3. The molecule has 0 radical (unpaired) electrons. The van der Waals surface area contributed by atoms with Crippen LogP contribution < -0.4 is 5.73 Å². The summed E-state index contributed by atoms with van der Waals surface area (Å²) in [7, 11) is 0. The second-order valence-electron chi connectivity index (χ2n) is 4.87. The second-order valence-corrected chi connectivity index (χ2v) is 5.79. The smallest absolute Gasteiger partial charge is 0.272 e. The number of rotatable bonds is 5. The lowest BCUT2D eigenvalue weighted by Gasteiger charge is -2.12. The summed E-state index contributed by atoms with van der Waals surface area (Å²) in [6.45, 7) is 0. The summed E-state index contributed by atoms with van der Waals surface area (Å²) in [6.07, 6.45) is 1.01. The maximum atomic E-state index is 13.4. The van der Waals surface area contributed by atoms with Crippen molar-refractivity contribution in [2.45, 2.75) is 18.9 Å². The Morgan fingerprint density at radius 2 is 1.76 bits per heavy atom. The molecule has 0 spiro atoms. The molecule has 0 bridgehead atoms. The first kappa shape index (κ1) is 15.6. The zero-order chi connectivity index (χ0) is 15.4. The van der Waals surface area contributed by atoms with Gasteiger partial charge >= 0.3 is 0 Å². The number of nitrogens with zero attached hydrogens (tertiary/aromatic N) is 1. The Morgan fingerprint density at radius 1 is 1.14 bits per heavy atom. The highest BCUT2D eigenvalue weighted by atomic mass is 79.9. The van der Waals surface area contributed by atoms with Gasteiger partial charge in [-0.2, -0.15) is 0 Å². The molecule has 0 saturated heterocycles. The zero-order valence-corrected chi connectivity index (χ0v) is 12.7. The molecule has 2 aromatic rings. The third-order valence-corrected chi connectivity index (χ3v) is 3.59. The summed E-state index contributed by atoms with van der Waals surface area (Å²) in [5.74, 6) is -0.616. The first-order chi connectivity index (χ1) is 9.94. The highest BCUT2D eigenvalue weighted by molar-refractivity contribution is 9.10. The molecule has 0 amide bonds. The van der Waals surface area contributed by atoms with Gasteiger partial charge in [-0.25, -0.2) is 4.39 Å². The summed E-state index contributed by atoms with van der Waals surface area (Å²) >= 11 is 3.36. The van der Waals surface area contributed by atoms with Gasteiger partial charge < -0.3 is 5.73 Å². The van der Waals surface area contributed by atoms with Crippen molar-refractivity contribution in [1.82, 2.24) is 0 Å². The van der Waals surface area contributed by atoms with Gasteiger partial charge in [0.05, 0.1) is 11.0 Å². The van der Waals surface area contributed by atoms with Gasteiger partial charge in [-0.05, 0) is 42.2 Å². The van der Waals surface area contributed by atoms with Gasteiger partial charge in [0.1, 0.15) is 5.82 Å². The third-order valence-electron chi connectivity index (χ3n) is 3.06. The molecule has 2 aromatic carbocycles. The van der Waals surface area contributed by atoms with Crippen molar-refractivity contribution in [2.24, 2.45) is 5.73 Å². The van der Waals surface area contributed by atoms with Crippen molar-refractivity contribution in [1.29, 1.82) is 0 Å². The van der Waals surface area contributed by atoms with E-state index >= 15 is 0 Å². The number of nitro groups is 1. The average Bonchev–Trinajstić information content (AvgIpc) is 2.40. The summed E-state index contributed by atoms with van der Waals surface area (Å²) in [6, 6.07) is 11.1. The minimum absolute atomic E-state index is 0.229. The highest BCUT2D eigenvalue weighted by Gasteiger charge is 2.12. The molecule has 0 aliphatic heterocycles. The topological polar surface area (TPSA) is 69.2 Å². The number of benzene rings is 2. The van der Waals surface area contributed by atoms with Crippen LogP contribution in [0.1, 0.15) is 11.1 Å². The van der Waals surface area contributed by atoms with Crippen LogP contribution in [0.4, 0.5) is 10.1 Å². The van der Waals surface area contributed by atoms with Crippen LogP contribution in [0, 0.1) is 15.9 Å². The van der Waals surface area contributed by atoms with Crippen LogP contribution >= 0.6 is 15.9 Å². The highest BCUT2D eigenvalue weighted by Crippen LogP contribution is 2.18. The SMILES string of the molecule is NC(Cc1ccc(Br)cc1)Cc1cc(F)cc([N+](=O)[O-])c1. The van der Waals surface area contributed by atoms with E-state index < -0.39 is 10.7 Å². The normalized spacial score (nSPS) is 12.1. The van der Waals surface area contributed by atoms with Gasteiger partial charge in [-0.1, -0.05) is 28.1 Å². The molecule has 4 nitrogen and oxygen atoms in total. The van der Waals surface area contributed by atoms with Crippen molar-refractivity contribution >= 4 is 21.6 Å². The Balaban J connectivity index is 2.07. The molecule has 6 heteroatoms. The first-order valence-electron chi connectivity index (χ1n) is 6.38. The summed E-state index contributed by atoms with van der Waals surface area (Å²) in [5, 5.41) is 10.7. The lowest BCUT2D eigenvalue weighted by molar-refractivity contribution is -0.385. The minimum Gasteiger partial charge on any atom is -0.327 e. The van der Waals surface area contributed by atoms with E-state index in [0.29, 0.717) is 18.4 Å². The molecule has 2 N–H and O–H groups in total. The van der Waals surface area contributed by atoms with E-state index in [1.807, 2.05) is 24.3 Å². The molecule has 1 unspecified atom stereocenters. The second kappa shape index (κ2) is 6.78. The third kappa shape index (κ3) is 4.61. The molecule has 0 aromatic heterocycles. The number of hydrogen-bond acceptors (Lipinski definition) is 3. The van der Waals surface area contributed by atoms with Gasteiger partial charge in [-0.15, -0.1) is 0 Å². The lowest BCUT2D eigenvalue weighted by Crippen LogP contribution is -2.25. The van der Waals surface area contributed by atoms with Crippen molar-refractivity contribution < 1.29 is 9.31 Å². The molecule has 0 aliphatic rings. The fourth-order valence-electron chi connectivity index (χ4n) is 2.15. The van der Waals surface area contributed by atoms with Gasteiger partial charge in [-0.3, -0.25) is 10.1 Å². The maximum absolute atomic E-state index is 13.4. The Hall–Kier alpha value is -1.79. The van der Waals surface area contributed by atoms with E-state index in [4.69, 9.17) is 5.73 Å². The number of nitro benzene ring substituents is 1. The Kier molecular flexibility index (Phi) is 5.03. The van der Waals surface area contributed by atoms with Crippen LogP contribution in [0.3, 0.4) is 0 Å². The zero-order valence-electron chi connectivity index (χ0n) is 11.1. The molecule has 0 heterocycles. The van der Waals surface area contributed by atoms with Crippen LogP contribution in [0.5, 0.6) is 0 Å². The molecule has 0 saturated carbocycles. The average molecular weight is 353 g/mol. The van der Waals surface area contributed by atoms with Crippen LogP contribution in [0.15, 0.2) is 46.9 Å². The van der Waals surface area contributed by atoms with Gasteiger partial charge in [0.15, 0.2) is 0 Å². The number of hydrogen-bond donors (Lipinski definition) is 1. The predicted octanol–water partition coefficient (Wildman–Crippen LogP) is 3.61. The molecule has 110 valence electrons. The standard InChI is InChI=1S/C15H14BrFN2O2/c16-12-3-1-10(2-4-12)6-14(18)7-11-5-13(17)9-15(8-11)19(20)21/h1-5,8-9,14H,6-7,18H2. The van der Waals surface area contributed by atoms with Crippen molar-refractivity contribution in [2.75, 3.05) is 0 Å². The van der Waals surface area contributed by atoms with Crippen LogP contribution in [-0.2, 0) is 12.8 Å². The monoisotopic (exact) mass is 352 g/mol. The summed E-state index contributed by atoms with van der Waals surface area (Å²) in [5.41, 5.74) is 7.40. The largest absolute Gasteiger partial charge is 0.327 e. The van der Waals surface area contributed by atoms with Gasteiger partial charge in [0, 0.05) is 16.6 Å². The molecular formula is C15H14BrFN2O2. The quantitative estimate of drug-likeness (QED) is 0.660. The van der Waals surface area contributed by atoms with Crippen LogP contribution in [-0.4, -0.2) is 11.0 Å². The van der Waals surface area contributed by atoms with E-state index in [1.54, 1.807) is 0 Å². The van der Waals surface area contributed by atoms with Crippen LogP contribution in [0.25, 0.3) is 0 Å². The Bertz CT molecular complexity index is 647. The van der Waals surface area contributed by atoms with E-state index in [2.05, 4.69) is 15.9 Å². The molecule has 0 aliphatic carbocycles. The van der Waals surface area contributed by atoms with E-state index in [-0.39, 0.29) is 11.7 Å². The molecule has 2 rings (SSSR count). The lowest BCUT2D eigenvalue weighted by atomic mass is 9.99. The van der Waals surface area contributed by atoms with Crippen LogP contribution in [0.2, 0.25) is 0 Å². The van der Waals surface area contributed by atoms with E-state index in [1.165, 1.54) is 12.1 Å². The number of halogens is 2. The van der Waals surface area contributed by atoms with E-state index in [0.717, 1.165) is 16.1 Å². The maximum Gasteiger partial charge on any atom is 0.272 e. The van der Waals surface area contributed by atoms with Gasteiger partial charge in [0.25, 0.3) is 5.69 Å². The number of nitrogens with two attached hydrogens (primary N) is 1. The Morgan fingerprint density at radius 3 is 2.38 bits per heavy atom. The molecule has 1 atom stereocenters. The fourth-order valence-corrected chi connectivity index (χ4v) is 2.42. The number of non-ortho nitro benzene ring substituents is 1. The first-order valence-corrected chi connectivity index (χ1v) is 7.17.